The molecule has 1 atom stereocenters. The zero-order valence-corrected chi connectivity index (χ0v) is 8.60. The van der Waals surface area contributed by atoms with Gasteiger partial charge in [-0.05, 0) is 26.2 Å². The Morgan fingerprint density at radius 2 is 2.23 bits per heavy atom. The van der Waals surface area contributed by atoms with Crippen molar-refractivity contribution < 1.29 is 4.79 Å². The van der Waals surface area contributed by atoms with E-state index in [1.54, 1.807) is 0 Å². The highest BCUT2D eigenvalue weighted by Crippen LogP contribution is 2.02. The van der Waals surface area contributed by atoms with Gasteiger partial charge in [-0.2, -0.15) is 0 Å². The van der Waals surface area contributed by atoms with Gasteiger partial charge in [-0.1, -0.05) is 13.5 Å². The number of allylic oxidation sites excluding steroid dienone is 1. The lowest BCUT2D eigenvalue weighted by Crippen LogP contribution is -2.28. The molecular formula is C10H20N2O. The molecule has 0 heterocycles. The molecule has 0 aliphatic heterocycles. The Balaban J connectivity index is 3.52. The number of ketones is 1. The molecule has 0 saturated heterocycles. The summed E-state index contributed by atoms with van der Waals surface area (Å²) in [6.07, 6.45) is 2.55. The van der Waals surface area contributed by atoms with Gasteiger partial charge in [0.15, 0.2) is 0 Å². The van der Waals surface area contributed by atoms with E-state index in [1.807, 2.05) is 0 Å². The van der Waals surface area contributed by atoms with Crippen molar-refractivity contribution in [1.29, 1.82) is 0 Å². The van der Waals surface area contributed by atoms with Crippen molar-refractivity contribution in [2.45, 2.75) is 39.2 Å². The summed E-state index contributed by atoms with van der Waals surface area (Å²) in [6, 6.07) is -0.333. The SMILES string of the molecule is C=C(CC[C@H](N)C(C)=O)NCCC. The summed E-state index contributed by atoms with van der Waals surface area (Å²) in [5.41, 5.74) is 6.55. The highest BCUT2D eigenvalue weighted by Gasteiger charge is 2.07. The fourth-order valence-electron chi connectivity index (χ4n) is 0.923. The smallest absolute Gasteiger partial charge is 0.146 e. The molecule has 0 fully saturated rings. The van der Waals surface area contributed by atoms with Crippen LogP contribution in [0, 0.1) is 0 Å². The van der Waals surface area contributed by atoms with E-state index in [4.69, 9.17) is 5.73 Å². The molecule has 3 heteroatoms. The summed E-state index contributed by atoms with van der Waals surface area (Å²) >= 11 is 0. The topological polar surface area (TPSA) is 55.1 Å². The molecule has 0 rings (SSSR count). The molecule has 3 nitrogen and oxygen atoms in total. The maximum Gasteiger partial charge on any atom is 0.146 e. The van der Waals surface area contributed by atoms with E-state index in [-0.39, 0.29) is 11.8 Å². The van der Waals surface area contributed by atoms with E-state index < -0.39 is 0 Å². The minimum absolute atomic E-state index is 0.0447. The monoisotopic (exact) mass is 184 g/mol. The standard InChI is InChI=1S/C10H20N2O/c1-4-7-12-8(2)5-6-10(11)9(3)13/h10,12H,2,4-7,11H2,1,3H3/t10-/m0/s1. The molecule has 0 aliphatic carbocycles. The molecular weight excluding hydrogens is 164 g/mol. The van der Waals surface area contributed by atoms with Crippen LogP contribution in [0.3, 0.4) is 0 Å². The summed E-state index contributed by atoms with van der Waals surface area (Å²) in [5.74, 6) is 0.0447. The Labute approximate surface area is 80.4 Å². The van der Waals surface area contributed by atoms with Crippen LogP contribution in [0.25, 0.3) is 0 Å². The number of carbonyl (C=O) groups excluding carboxylic acids is 1. The molecule has 0 amide bonds. The Kier molecular flexibility index (Phi) is 6.24. The largest absolute Gasteiger partial charge is 0.389 e. The predicted molar refractivity (Wildman–Crippen MR) is 55.3 cm³/mol. The van der Waals surface area contributed by atoms with Crippen LogP contribution in [0.15, 0.2) is 12.3 Å². The fraction of sp³-hybridized carbons (Fsp3) is 0.700. The lowest BCUT2D eigenvalue weighted by molar-refractivity contribution is -0.118. The summed E-state index contributed by atoms with van der Waals surface area (Å²) < 4.78 is 0. The van der Waals surface area contributed by atoms with Gasteiger partial charge >= 0.3 is 0 Å². The molecule has 0 unspecified atom stereocenters. The van der Waals surface area contributed by atoms with Crippen molar-refractivity contribution in [3.8, 4) is 0 Å². The van der Waals surface area contributed by atoms with Gasteiger partial charge in [-0.15, -0.1) is 0 Å². The number of carbonyl (C=O) groups is 1. The Bertz CT molecular complexity index is 178. The normalized spacial score (nSPS) is 12.2. The van der Waals surface area contributed by atoms with Gasteiger partial charge in [0, 0.05) is 12.2 Å². The van der Waals surface area contributed by atoms with E-state index >= 15 is 0 Å². The number of Topliss-reactive ketones (excluding diaryl/α,β-unsaturated/α-hetero) is 1. The first kappa shape index (κ1) is 12.2. The highest BCUT2D eigenvalue weighted by atomic mass is 16.1. The third kappa shape index (κ3) is 6.34. The number of nitrogens with two attached hydrogens (primary N) is 1. The van der Waals surface area contributed by atoms with E-state index in [1.165, 1.54) is 6.92 Å². The second kappa shape index (κ2) is 6.66. The van der Waals surface area contributed by atoms with E-state index in [2.05, 4.69) is 18.8 Å². The summed E-state index contributed by atoms with van der Waals surface area (Å²) in [7, 11) is 0. The maximum absolute atomic E-state index is 10.8. The third-order valence-electron chi connectivity index (χ3n) is 1.90. The first-order valence-corrected chi connectivity index (χ1v) is 4.75. The van der Waals surface area contributed by atoms with Crippen LogP contribution in [0.2, 0.25) is 0 Å². The third-order valence-corrected chi connectivity index (χ3v) is 1.90. The van der Waals surface area contributed by atoms with Crippen LogP contribution in [-0.4, -0.2) is 18.4 Å². The Hall–Kier alpha value is -0.830. The maximum atomic E-state index is 10.8. The minimum Gasteiger partial charge on any atom is -0.389 e. The van der Waals surface area contributed by atoms with E-state index in [9.17, 15) is 4.79 Å². The van der Waals surface area contributed by atoms with Crippen LogP contribution in [0.1, 0.15) is 33.1 Å². The lowest BCUT2D eigenvalue weighted by atomic mass is 10.1. The van der Waals surface area contributed by atoms with Crippen molar-refractivity contribution >= 4 is 5.78 Å². The quantitative estimate of drug-likeness (QED) is 0.625. The summed E-state index contributed by atoms with van der Waals surface area (Å²) in [5, 5.41) is 3.17. The molecule has 76 valence electrons. The highest BCUT2D eigenvalue weighted by molar-refractivity contribution is 5.81. The molecule has 0 saturated carbocycles. The van der Waals surface area contributed by atoms with Crippen LogP contribution >= 0.6 is 0 Å². The Morgan fingerprint density at radius 1 is 1.62 bits per heavy atom. The summed E-state index contributed by atoms with van der Waals surface area (Å²) in [6.45, 7) is 8.40. The second-order valence-corrected chi connectivity index (χ2v) is 3.29. The van der Waals surface area contributed by atoms with Gasteiger partial charge in [0.2, 0.25) is 0 Å². The molecule has 0 spiro atoms. The predicted octanol–water partition coefficient (Wildman–Crippen LogP) is 1.20. The average molecular weight is 184 g/mol. The number of nitrogens with one attached hydrogen (secondary N) is 1. The molecule has 0 aromatic rings. The van der Waals surface area contributed by atoms with Crippen LogP contribution in [0.5, 0.6) is 0 Å². The van der Waals surface area contributed by atoms with E-state index in [0.29, 0.717) is 6.42 Å². The fourth-order valence-corrected chi connectivity index (χ4v) is 0.923. The van der Waals surface area contributed by atoms with Crippen molar-refractivity contribution in [3.05, 3.63) is 12.3 Å². The summed E-state index contributed by atoms with van der Waals surface area (Å²) in [4.78, 5) is 10.8. The van der Waals surface area contributed by atoms with Gasteiger partial charge in [-0.3, -0.25) is 4.79 Å². The van der Waals surface area contributed by atoms with E-state index in [0.717, 1.165) is 25.1 Å². The first-order valence-electron chi connectivity index (χ1n) is 4.75. The van der Waals surface area contributed by atoms with Gasteiger partial charge in [0.1, 0.15) is 5.78 Å². The first-order chi connectivity index (χ1) is 6.07. The van der Waals surface area contributed by atoms with Crippen LogP contribution in [0.4, 0.5) is 0 Å². The second-order valence-electron chi connectivity index (χ2n) is 3.29. The molecule has 0 aromatic heterocycles. The van der Waals surface area contributed by atoms with Crippen LogP contribution in [-0.2, 0) is 4.79 Å². The van der Waals surface area contributed by atoms with Crippen molar-refractivity contribution in [3.63, 3.8) is 0 Å². The number of hydrogen-bond acceptors (Lipinski definition) is 3. The van der Waals surface area contributed by atoms with Gasteiger partial charge in [0.05, 0.1) is 6.04 Å². The number of hydrogen-bond donors (Lipinski definition) is 2. The average Bonchev–Trinajstić information content (AvgIpc) is 2.10. The minimum atomic E-state index is -0.333. The van der Waals surface area contributed by atoms with Gasteiger partial charge in [0.25, 0.3) is 0 Å². The van der Waals surface area contributed by atoms with Crippen molar-refractivity contribution in [2.75, 3.05) is 6.54 Å². The zero-order valence-electron chi connectivity index (χ0n) is 8.60. The lowest BCUT2D eigenvalue weighted by Gasteiger charge is -2.10. The molecule has 13 heavy (non-hydrogen) atoms. The van der Waals surface area contributed by atoms with Crippen LogP contribution < -0.4 is 11.1 Å². The Morgan fingerprint density at radius 3 is 2.69 bits per heavy atom. The molecule has 0 radical (unpaired) electrons. The van der Waals surface area contributed by atoms with Gasteiger partial charge < -0.3 is 11.1 Å². The zero-order chi connectivity index (χ0) is 10.3. The number of rotatable bonds is 7. The molecule has 0 aromatic carbocycles. The van der Waals surface area contributed by atoms with Crippen molar-refractivity contribution in [2.24, 2.45) is 5.73 Å². The molecule has 0 bridgehead atoms. The molecule has 3 N–H and O–H groups in total. The molecule has 0 aliphatic rings. The van der Waals surface area contributed by atoms with Crippen molar-refractivity contribution in [1.82, 2.24) is 5.32 Å². The van der Waals surface area contributed by atoms with Gasteiger partial charge in [-0.25, -0.2) is 0 Å².